The van der Waals surface area contributed by atoms with Crippen molar-refractivity contribution in [1.82, 2.24) is 24.1 Å². The molecule has 4 rings (SSSR count). The van der Waals surface area contributed by atoms with E-state index in [1.54, 1.807) is 0 Å². The zero-order chi connectivity index (χ0) is 20.8. The predicted molar refractivity (Wildman–Crippen MR) is 101 cm³/mol. The van der Waals surface area contributed by atoms with Gasteiger partial charge in [0.05, 0.1) is 12.0 Å². The topological polar surface area (TPSA) is 68.3 Å². The van der Waals surface area contributed by atoms with E-state index in [9.17, 15) is 18.0 Å². The molecule has 0 aliphatic carbocycles. The molecule has 4 heterocycles. The summed E-state index contributed by atoms with van der Waals surface area (Å²) in [5.41, 5.74) is 0.792. The van der Waals surface area contributed by atoms with Crippen LogP contribution in [0.4, 0.5) is 19.0 Å². The van der Waals surface area contributed by atoms with Gasteiger partial charge in [-0.3, -0.25) is 9.36 Å². The Labute approximate surface area is 164 Å². The number of hydrogen-bond donors (Lipinski definition) is 0. The van der Waals surface area contributed by atoms with Crippen molar-refractivity contribution in [1.29, 1.82) is 0 Å². The fraction of sp³-hybridized carbons (Fsp3) is 0.474. The van der Waals surface area contributed by atoms with Gasteiger partial charge in [0.25, 0.3) is 5.56 Å². The van der Waals surface area contributed by atoms with E-state index in [0.717, 1.165) is 55.1 Å². The van der Waals surface area contributed by atoms with Gasteiger partial charge in [-0.1, -0.05) is 0 Å². The molecule has 1 aliphatic rings. The van der Waals surface area contributed by atoms with Gasteiger partial charge < -0.3 is 4.90 Å². The van der Waals surface area contributed by atoms with Gasteiger partial charge >= 0.3 is 6.18 Å². The lowest BCUT2D eigenvalue weighted by Gasteiger charge is -2.33. The average Bonchev–Trinajstić information content (AvgIpc) is 3.02. The number of aryl methyl sites for hydroxylation is 2. The van der Waals surface area contributed by atoms with Crippen LogP contribution in [-0.4, -0.2) is 37.2 Å². The van der Waals surface area contributed by atoms with E-state index in [-0.39, 0.29) is 5.92 Å². The molecule has 3 aromatic heterocycles. The second-order valence-corrected chi connectivity index (χ2v) is 7.50. The van der Waals surface area contributed by atoms with Crippen LogP contribution in [0.1, 0.15) is 29.9 Å². The van der Waals surface area contributed by atoms with E-state index in [0.29, 0.717) is 12.6 Å². The third kappa shape index (κ3) is 3.96. The van der Waals surface area contributed by atoms with E-state index < -0.39 is 17.4 Å². The zero-order valence-electron chi connectivity index (χ0n) is 16.1. The van der Waals surface area contributed by atoms with E-state index in [4.69, 9.17) is 0 Å². The molecule has 0 aromatic carbocycles. The molecule has 10 heteroatoms. The van der Waals surface area contributed by atoms with Gasteiger partial charge in [-0.05, 0) is 32.6 Å². The van der Waals surface area contributed by atoms with Crippen molar-refractivity contribution < 1.29 is 13.2 Å². The SMILES string of the molecule is Cc1cc(N2CCC(Cn3cnc(C(F)(F)F)cc3=O)CC2)n2nc(C)cc2n1. The van der Waals surface area contributed by atoms with Crippen LogP contribution >= 0.6 is 0 Å². The number of alkyl halides is 3. The van der Waals surface area contributed by atoms with E-state index in [1.807, 2.05) is 30.5 Å². The first-order chi connectivity index (χ1) is 13.7. The first-order valence-corrected chi connectivity index (χ1v) is 9.43. The Bertz CT molecular complexity index is 1100. The summed E-state index contributed by atoms with van der Waals surface area (Å²) in [5, 5.41) is 4.52. The van der Waals surface area contributed by atoms with Crippen molar-refractivity contribution in [3.05, 3.63) is 52.0 Å². The largest absolute Gasteiger partial charge is 0.433 e. The number of nitrogens with zero attached hydrogens (tertiary/aromatic N) is 6. The molecule has 0 atom stereocenters. The highest BCUT2D eigenvalue weighted by Gasteiger charge is 2.33. The fourth-order valence-corrected chi connectivity index (χ4v) is 3.76. The molecule has 0 radical (unpaired) electrons. The maximum atomic E-state index is 12.7. The Morgan fingerprint density at radius 1 is 1.10 bits per heavy atom. The predicted octanol–water partition coefficient (Wildman–Crippen LogP) is 2.84. The third-order valence-corrected chi connectivity index (χ3v) is 5.22. The first kappa shape index (κ1) is 19.4. The van der Waals surface area contributed by atoms with E-state index >= 15 is 0 Å². The van der Waals surface area contributed by atoms with Gasteiger partial charge in [0.2, 0.25) is 0 Å². The van der Waals surface area contributed by atoms with Crippen LogP contribution in [0.3, 0.4) is 0 Å². The van der Waals surface area contributed by atoms with Crippen molar-refractivity contribution in [3.63, 3.8) is 0 Å². The molecule has 0 spiro atoms. The van der Waals surface area contributed by atoms with Crippen LogP contribution < -0.4 is 10.5 Å². The summed E-state index contributed by atoms with van der Waals surface area (Å²) in [6.45, 7) is 5.78. The minimum absolute atomic E-state index is 0.195. The lowest BCUT2D eigenvalue weighted by Crippen LogP contribution is -2.37. The zero-order valence-corrected chi connectivity index (χ0v) is 16.1. The normalized spacial score (nSPS) is 16.0. The minimum atomic E-state index is -4.61. The summed E-state index contributed by atoms with van der Waals surface area (Å²) >= 11 is 0. The molecule has 29 heavy (non-hydrogen) atoms. The number of rotatable bonds is 3. The molecule has 0 unspecified atom stereocenters. The second kappa shape index (κ2) is 7.16. The Hall–Kier alpha value is -2.91. The lowest BCUT2D eigenvalue weighted by molar-refractivity contribution is -0.141. The van der Waals surface area contributed by atoms with Crippen molar-refractivity contribution in [2.24, 2.45) is 5.92 Å². The van der Waals surface area contributed by atoms with Gasteiger partial charge in [-0.15, -0.1) is 0 Å². The smallest absolute Gasteiger partial charge is 0.356 e. The van der Waals surface area contributed by atoms with Crippen LogP contribution in [0.5, 0.6) is 0 Å². The molecule has 0 bridgehead atoms. The quantitative estimate of drug-likeness (QED) is 0.669. The summed E-state index contributed by atoms with van der Waals surface area (Å²) in [5.74, 6) is 1.17. The fourth-order valence-electron chi connectivity index (χ4n) is 3.76. The molecule has 1 saturated heterocycles. The van der Waals surface area contributed by atoms with Crippen molar-refractivity contribution in [2.45, 2.75) is 39.4 Å². The van der Waals surface area contributed by atoms with Crippen molar-refractivity contribution in [3.8, 4) is 0 Å². The van der Waals surface area contributed by atoms with Gasteiger partial charge in [0, 0.05) is 43.5 Å². The Morgan fingerprint density at radius 3 is 2.48 bits per heavy atom. The van der Waals surface area contributed by atoms with Gasteiger partial charge in [0.1, 0.15) is 5.82 Å². The van der Waals surface area contributed by atoms with Gasteiger partial charge in [-0.25, -0.2) is 9.97 Å². The molecule has 1 aliphatic heterocycles. The highest BCUT2D eigenvalue weighted by molar-refractivity contribution is 5.52. The van der Waals surface area contributed by atoms with Crippen molar-refractivity contribution in [2.75, 3.05) is 18.0 Å². The van der Waals surface area contributed by atoms with E-state index in [2.05, 4.69) is 20.0 Å². The third-order valence-electron chi connectivity index (χ3n) is 5.22. The minimum Gasteiger partial charge on any atom is -0.356 e. The summed E-state index contributed by atoms with van der Waals surface area (Å²) < 4.78 is 41.1. The van der Waals surface area contributed by atoms with Gasteiger partial charge in [0.15, 0.2) is 11.3 Å². The lowest BCUT2D eigenvalue weighted by atomic mass is 9.96. The molecule has 0 N–H and O–H groups in total. The number of anilines is 1. The number of piperidine rings is 1. The molecule has 3 aromatic rings. The highest BCUT2D eigenvalue weighted by Crippen LogP contribution is 2.27. The Morgan fingerprint density at radius 2 is 1.83 bits per heavy atom. The molecule has 154 valence electrons. The highest BCUT2D eigenvalue weighted by atomic mass is 19.4. The monoisotopic (exact) mass is 406 g/mol. The Kier molecular flexibility index (Phi) is 4.79. The van der Waals surface area contributed by atoms with Crippen LogP contribution in [0.25, 0.3) is 5.65 Å². The summed E-state index contributed by atoms with van der Waals surface area (Å²) in [4.78, 5) is 22.2. The van der Waals surface area contributed by atoms with Gasteiger partial charge in [-0.2, -0.15) is 22.8 Å². The molecular weight excluding hydrogens is 385 g/mol. The van der Waals surface area contributed by atoms with Crippen LogP contribution in [0, 0.1) is 19.8 Å². The number of aromatic nitrogens is 5. The number of hydrogen-bond acceptors (Lipinski definition) is 5. The second-order valence-electron chi connectivity index (χ2n) is 7.50. The van der Waals surface area contributed by atoms with Crippen LogP contribution in [-0.2, 0) is 12.7 Å². The number of fused-ring (bicyclic) bond motifs is 1. The molecule has 1 fully saturated rings. The Balaban J connectivity index is 1.46. The first-order valence-electron chi connectivity index (χ1n) is 9.43. The number of halogens is 3. The van der Waals surface area contributed by atoms with Crippen molar-refractivity contribution >= 4 is 11.5 Å². The molecule has 0 amide bonds. The molecule has 0 saturated carbocycles. The maximum absolute atomic E-state index is 12.7. The standard InChI is InChI=1S/C19H21F3N6O/c1-12-8-17(28-16(24-12)7-13(2)25-28)26-5-3-14(4-6-26)10-27-11-23-15(9-18(27)29)19(20,21)22/h7-9,11,14H,3-6,10H2,1-2H3. The summed E-state index contributed by atoms with van der Waals surface area (Å²) in [7, 11) is 0. The summed E-state index contributed by atoms with van der Waals surface area (Å²) in [6.07, 6.45) is -1.98. The van der Waals surface area contributed by atoms with Crippen LogP contribution in [0.2, 0.25) is 0 Å². The molecular formula is C19H21F3N6O. The summed E-state index contributed by atoms with van der Waals surface area (Å²) in [6, 6.07) is 4.50. The molecule has 7 nitrogen and oxygen atoms in total. The average molecular weight is 406 g/mol. The van der Waals surface area contributed by atoms with Crippen LogP contribution in [0.15, 0.2) is 29.3 Å². The maximum Gasteiger partial charge on any atom is 0.433 e. The van der Waals surface area contributed by atoms with E-state index in [1.165, 1.54) is 4.57 Å².